The Morgan fingerprint density at radius 2 is 2.22 bits per heavy atom. The van der Waals surface area contributed by atoms with Crippen LogP contribution in [-0.4, -0.2) is 24.4 Å². The second-order valence-corrected chi connectivity index (χ2v) is 4.56. The van der Waals surface area contributed by atoms with Gasteiger partial charge in [0.25, 0.3) is 0 Å². The van der Waals surface area contributed by atoms with E-state index in [1.165, 1.54) is 0 Å². The molecule has 4 heteroatoms. The summed E-state index contributed by atoms with van der Waals surface area (Å²) in [7, 11) is 1.61. The fourth-order valence-corrected chi connectivity index (χ4v) is 1.59. The molecule has 1 aromatic rings. The molecular weight excluding hydrogens is 228 g/mol. The lowest BCUT2D eigenvalue weighted by Gasteiger charge is -2.27. The second-order valence-electron chi connectivity index (χ2n) is 4.56. The fourth-order valence-electron chi connectivity index (χ4n) is 1.59. The molecule has 18 heavy (non-hydrogen) atoms. The minimum absolute atomic E-state index is 0.0732. The Hall–Kier alpha value is -1.57. The van der Waals surface area contributed by atoms with E-state index in [-0.39, 0.29) is 12.1 Å². The summed E-state index contributed by atoms with van der Waals surface area (Å²) in [5, 5.41) is 21.5. The van der Waals surface area contributed by atoms with Crippen LogP contribution in [0.25, 0.3) is 0 Å². The average molecular weight is 248 g/mol. The van der Waals surface area contributed by atoms with Crippen molar-refractivity contribution in [3.63, 3.8) is 0 Å². The van der Waals surface area contributed by atoms with E-state index in [4.69, 9.17) is 10.00 Å². The van der Waals surface area contributed by atoms with Gasteiger partial charge in [-0.25, -0.2) is 0 Å². The minimum atomic E-state index is -0.312. The summed E-state index contributed by atoms with van der Waals surface area (Å²) < 4.78 is 5.27. The van der Waals surface area contributed by atoms with Gasteiger partial charge in [-0.05, 0) is 31.5 Å². The van der Waals surface area contributed by atoms with Crippen molar-refractivity contribution in [1.82, 2.24) is 5.32 Å². The van der Waals surface area contributed by atoms with Gasteiger partial charge in [0.15, 0.2) is 0 Å². The van der Waals surface area contributed by atoms with Crippen LogP contribution in [0.4, 0.5) is 0 Å². The molecule has 2 N–H and O–H groups in total. The van der Waals surface area contributed by atoms with E-state index in [0.29, 0.717) is 12.1 Å². The van der Waals surface area contributed by atoms with E-state index < -0.39 is 0 Å². The molecule has 0 aliphatic heterocycles. The number of aliphatic hydroxyl groups excluding tert-OH is 1. The van der Waals surface area contributed by atoms with Crippen molar-refractivity contribution in [3.8, 4) is 11.8 Å². The molecular formula is C14H20N2O2. The molecule has 1 aromatic carbocycles. The molecule has 1 atom stereocenters. The van der Waals surface area contributed by atoms with Crippen LogP contribution in [0.15, 0.2) is 18.2 Å². The molecule has 0 aliphatic carbocycles. The van der Waals surface area contributed by atoms with Crippen molar-refractivity contribution in [2.75, 3.05) is 13.7 Å². The van der Waals surface area contributed by atoms with Gasteiger partial charge in [0.1, 0.15) is 5.75 Å². The lowest BCUT2D eigenvalue weighted by molar-refractivity contribution is 0.168. The van der Waals surface area contributed by atoms with E-state index in [0.717, 1.165) is 17.7 Å². The van der Waals surface area contributed by atoms with Gasteiger partial charge in [-0.15, -0.1) is 0 Å². The van der Waals surface area contributed by atoms with E-state index in [9.17, 15) is 5.11 Å². The molecule has 0 radical (unpaired) electrons. The number of hydrogen-bond donors (Lipinski definition) is 2. The molecule has 0 fully saturated rings. The Balaban J connectivity index is 2.86. The Morgan fingerprint density at radius 3 is 2.72 bits per heavy atom. The predicted octanol–water partition coefficient (Wildman–Crippen LogP) is 1.82. The lowest BCUT2D eigenvalue weighted by atomic mass is 9.99. The topological polar surface area (TPSA) is 65.3 Å². The fraction of sp³-hybridized carbons (Fsp3) is 0.500. The summed E-state index contributed by atoms with van der Waals surface area (Å²) in [6.07, 6.45) is 0.823. The highest BCUT2D eigenvalue weighted by Crippen LogP contribution is 2.20. The Kier molecular flexibility index (Phi) is 5.14. The summed E-state index contributed by atoms with van der Waals surface area (Å²) >= 11 is 0. The number of hydrogen-bond acceptors (Lipinski definition) is 4. The standard InChI is InChI=1S/C14H20N2O2/c1-4-14(2,10-17)16-9-12-7-11(8-15)5-6-13(12)18-3/h5-7,16-17H,4,9-10H2,1-3H3. The summed E-state index contributed by atoms with van der Waals surface area (Å²) in [4.78, 5) is 0. The second kappa shape index (κ2) is 6.39. The Bertz CT molecular complexity index is 434. The van der Waals surface area contributed by atoms with Gasteiger partial charge in [0.05, 0.1) is 25.3 Å². The van der Waals surface area contributed by atoms with Gasteiger partial charge < -0.3 is 15.2 Å². The third-order valence-corrected chi connectivity index (χ3v) is 3.24. The molecule has 0 saturated carbocycles. The van der Waals surface area contributed by atoms with Crippen LogP contribution >= 0.6 is 0 Å². The van der Waals surface area contributed by atoms with Crippen molar-refractivity contribution in [2.45, 2.75) is 32.4 Å². The molecule has 0 saturated heterocycles. The van der Waals surface area contributed by atoms with Gasteiger partial charge in [-0.1, -0.05) is 6.92 Å². The highest BCUT2D eigenvalue weighted by atomic mass is 16.5. The van der Waals surface area contributed by atoms with Crippen molar-refractivity contribution < 1.29 is 9.84 Å². The summed E-state index contributed by atoms with van der Waals surface area (Å²) in [5.41, 5.74) is 1.22. The van der Waals surface area contributed by atoms with Crippen LogP contribution in [0.2, 0.25) is 0 Å². The molecule has 1 unspecified atom stereocenters. The first-order valence-electron chi connectivity index (χ1n) is 6.01. The molecule has 0 aliphatic rings. The van der Waals surface area contributed by atoms with Crippen LogP contribution in [0.3, 0.4) is 0 Å². The van der Waals surface area contributed by atoms with Crippen LogP contribution in [0.5, 0.6) is 5.75 Å². The molecule has 0 spiro atoms. The zero-order chi connectivity index (χ0) is 13.6. The Labute approximate surface area is 108 Å². The van der Waals surface area contributed by atoms with Crippen LogP contribution in [0, 0.1) is 11.3 Å². The van der Waals surface area contributed by atoms with E-state index in [1.807, 2.05) is 13.8 Å². The zero-order valence-electron chi connectivity index (χ0n) is 11.2. The lowest BCUT2D eigenvalue weighted by Crippen LogP contribution is -2.44. The Morgan fingerprint density at radius 1 is 1.50 bits per heavy atom. The van der Waals surface area contributed by atoms with Crippen molar-refractivity contribution >= 4 is 0 Å². The minimum Gasteiger partial charge on any atom is -0.496 e. The third-order valence-electron chi connectivity index (χ3n) is 3.24. The first kappa shape index (κ1) is 14.5. The van der Waals surface area contributed by atoms with Gasteiger partial charge in [0, 0.05) is 17.6 Å². The molecule has 0 heterocycles. The number of ether oxygens (including phenoxy) is 1. The quantitative estimate of drug-likeness (QED) is 0.806. The van der Waals surface area contributed by atoms with E-state index in [1.54, 1.807) is 25.3 Å². The molecule has 0 amide bonds. The predicted molar refractivity (Wildman–Crippen MR) is 70.3 cm³/mol. The van der Waals surface area contributed by atoms with Gasteiger partial charge in [-0.3, -0.25) is 0 Å². The number of nitrogens with one attached hydrogen (secondary N) is 1. The summed E-state index contributed by atoms with van der Waals surface area (Å²) in [6.45, 7) is 4.62. The largest absolute Gasteiger partial charge is 0.496 e. The highest BCUT2D eigenvalue weighted by Gasteiger charge is 2.20. The number of methoxy groups -OCH3 is 1. The van der Waals surface area contributed by atoms with E-state index >= 15 is 0 Å². The van der Waals surface area contributed by atoms with Gasteiger partial charge in [0.2, 0.25) is 0 Å². The maximum atomic E-state index is 9.34. The number of aliphatic hydroxyl groups is 1. The molecule has 98 valence electrons. The smallest absolute Gasteiger partial charge is 0.123 e. The monoisotopic (exact) mass is 248 g/mol. The average Bonchev–Trinajstić information content (AvgIpc) is 2.44. The number of rotatable bonds is 6. The number of benzene rings is 1. The van der Waals surface area contributed by atoms with Crippen LogP contribution in [0.1, 0.15) is 31.4 Å². The van der Waals surface area contributed by atoms with Crippen molar-refractivity contribution in [1.29, 1.82) is 5.26 Å². The molecule has 4 nitrogen and oxygen atoms in total. The highest BCUT2D eigenvalue weighted by molar-refractivity contribution is 5.42. The van der Waals surface area contributed by atoms with Gasteiger partial charge in [-0.2, -0.15) is 5.26 Å². The number of nitriles is 1. The molecule has 0 aromatic heterocycles. The first-order valence-corrected chi connectivity index (χ1v) is 6.01. The van der Waals surface area contributed by atoms with Gasteiger partial charge >= 0.3 is 0 Å². The third kappa shape index (κ3) is 3.46. The molecule has 1 rings (SSSR count). The summed E-state index contributed by atoms with van der Waals surface area (Å²) in [6, 6.07) is 7.43. The van der Waals surface area contributed by atoms with Crippen molar-refractivity contribution in [2.24, 2.45) is 0 Å². The normalized spacial score (nSPS) is 13.7. The zero-order valence-corrected chi connectivity index (χ0v) is 11.2. The van der Waals surface area contributed by atoms with E-state index in [2.05, 4.69) is 11.4 Å². The van der Waals surface area contributed by atoms with Crippen molar-refractivity contribution in [3.05, 3.63) is 29.3 Å². The summed E-state index contributed by atoms with van der Waals surface area (Å²) in [5.74, 6) is 0.748. The van der Waals surface area contributed by atoms with Crippen LogP contribution in [-0.2, 0) is 6.54 Å². The number of nitrogens with zero attached hydrogens (tertiary/aromatic N) is 1. The SMILES string of the molecule is CCC(C)(CO)NCc1cc(C#N)ccc1OC. The molecule has 0 bridgehead atoms. The maximum Gasteiger partial charge on any atom is 0.123 e. The first-order chi connectivity index (χ1) is 8.58. The van der Waals surface area contributed by atoms with Crippen LogP contribution < -0.4 is 10.1 Å². The maximum absolute atomic E-state index is 9.34.